The number of hydrogen-bond acceptors (Lipinski definition) is 3. The van der Waals surface area contributed by atoms with E-state index in [-0.39, 0.29) is 11.4 Å². The molecular weight excluding hydrogens is 401 g/mol. The Hall–Kier alpha value is -2.77. The quantitative estimate of drug-likeness (QED) is 0.444. The van der Waals surface area contributed by atoms with Crippen LogP contribution in [-0.4, -0.2) is 35.3 Å². The molecule has 0 atom stereocenters. The predicted molar refractivity (Wildman–Crippen MR) is 122 cm³/mol. The number of aromatic nitrogens is 1. The van der Waals surface area contributed by atoms with Crippen LogP contribution in [0.1, 0.15) is 22.3 Å². The number of hydrogen-bond donors (Lipinski definition) is 2. The zero-order valence-corrected chi connectivity index (χ0v) is 18.2. The average molecular weight is 428 g/mol. The summed E-state index contributed by atoms with van der Waals surface area (Å²) < 4.78 is 18.4. The molecule has 158 valence electrons. The molecule has 0 aliphatic rings. The summed E-state index contributed by atoms with van der Waals surface area (Å²) in [5.41, 5.74) is 4.36. The van der Waals surface area contributed by atoms with E-state index in [2.05, 4.69) is 10.3 Å². The molecule has 7 heteroatoms. The fourth-order valence-corrected chi connectivity index (χ4v) is 3.55. The van der Waals surface area contributed by atoms with Crippen molar-refractivity contribution in [2.75, 3.05) is 20.3 Å². The van der Waals surface area contributed by atoms with Gasteiger partial charge in [0, 0.05) is 31.1 Å². The molecule has 2 N–H and O–H groups in total. The minimum atomic E-state index is -0.289. The number of thiocarbonyl (C=S) groups is 1. The van der Waals surface area contributed by atoms with Gasteiger partial charge in [-0.2, -0.15) is 0 Å². The van der Waals surface area contributed by atoms with Gasteiger partial charge in [-0.3, -0.25) is 4.79 Å². The first-order chi connectivity index (χ1) is 14.4. The Balaban J connectivity index is 1.92. The lowest BCUT2D eigenvalue weighted by Gasteiger charge is -2.26. The zero-order valence-electron chi connectivity index (χ0n) is 17.4. The molecule has 2 aromatic carbocycles. The van der Waals surface area contributed by atoms with Gasteiger partial charge < -0.3 is 19.9 Å². The molecule has 0 aliphatic heterocycles. The standard InChI is InChI=1S/C23H26FN3O2S/c1-15-4-5-16(2)21-20(15)12-18(22(28)26-21)14-27(23(30)25-10-11-29-3)13-17-6-8-19(24)9-7-17/h4-9,12H,10-11,13-14H2,1-3H3,(H,25,30)(H,26,28). The maximum absolute atomic E-state index is 13.3. The molecule has 3 aromatic rings. The van der Waals surface area contributed by atoms with Crippen molar-refractivity contribution in [3.8, 4) is 0 Å². The summed E-state index contributed by atoms with van der Waals surface area (Å²) in [6, 6.07) is 12.3. The number of rotatable bonds is 7. The van der Waals surface area contributed by atoms with E-state index in [0.717, 1.165) is 27.6 Å². The highest BCUT2D eigenvalue weighted by molar-refractivity contribution is 7.80. The van der Waals surface area contributed by atoms with E-state index in [1.807, 2.05) is 36.9 Å². The molecule has 0 fully saturated rings. The smallest absolute Gasteiger partial charge is 0.253 e. The van der Waals surface area contributed by atoms with Gasteiger partial charge in [0.25, 0.3) is 5.56 Å². The van der Waals surface area contributed by atoms with E-state index >= 15 is 0 Å². The monoisotopic (exact) mass is 427 g/mol. The summed E-state index contributed by atoms with van der Waals surface area (Å²) in [7, 11) is 1.62. The van der Waals surface area contributed by atoms with Crippen molar-refractivity contribution in [1.82, 2.24) is 15.2 Å². The maximum atomic E-state index is 13.3. The number of benzene rings is 2. The van der Waals surface area contributed by atoms with Gasteiger partial charge in [-0.05, 0) is 61.0 Å². The molecule has 5 nitrogen and oxygen atoms in total. The van der Waals surface area contributed by atoms with Crippen LogP contribution in [-0.2, 0) is 17.8 Å². The molecule has 0 saturated heterocycles. The van der Waals surface area contributed by atoms with Crippen LogP contribution in [0.4, 0.5) is 4.39 Å². The van der Waals surface area contributed by atoms with Crippen LogP contribution in [0.3, 0.4) is 0 Å². The number of aryl methyl sites for hydroxylation is 2. The minimum absolute atomic E-state index is 0.139. The summed E-state index contributed by atoms with van der Waals surface area (Å²) in [6.45, 7) is 5.85. The highest BCUT2D eigenvalue weighted by Gasteiger charge is 2.15. The van der Waals surface area contributed by atoms with Crippen molar-refractivity contribution in [3.05, 3.63) is 80.9 Å². The number of fused-ring (bicyclic) bond motifs is 1. The Morgan fingerprint density at radius 3 is 2.53 bits per heavy atom. The van der Waals surface area contributed by atoms with Gasteiger partial charge in [0.15, 0.2) is 5.11 Å². The fraction of sp³-hybridized carbons (Fsp3) is 0.304. The van der Waals surface area contributed by atoms with Gasteiger partial charge in [-0.1, -0.05) is 24.3 Å². The molecule has 30 heavy (non-hydrogen) atoms. The van der Waals surface area contributed by atoms with Crippen molar-refractivity contribution >= 4 is 28.2 Å². The van der Waals surface area contributed by atoms with Crippen molar-refractivity contribution in [2.24, 2.45) is 0 Å². The number of pyridine rings is 1. The largest absolute Gasteiger partial charge is 0.383 e. The SMILES string of the molecule is COCCNC(=S)N(Cc1ccc(F)cc1)Cc1cc2c(C)ccc(C)c2[nH]c1=O. The Bertz CT molecular complexity index is 1100. The second-order valence-electron chi connectivity index (χ2n) is 7.32. The zero-order chi connectivity index (χ0) is 21.7. The fourth-order valence-electron chi connectivity index (χ4n) is 3.32. The summed E-state index contributed by atoms with van der Waals surface area (Å²) in [4.78, 5) is 17.7. The van der Waals surface area contributed by atoms with E-state index in [9.17, 15) is 9.18 Å². The van der Waals surface area contributed by atoms with Crippen molar-refractivity contribution < 1.29 is 9.13 Å². The van der Waals surface area contributed by atoms with Gasteiger partial charge in [0.1, 0.15) is 5.82 Å². The lowest BCUT2D eigenvalue weighted by Crippen LogP contribution is -2.41. The Kier molecular flexibility index (Phi) is 7.18. The van der Waals surface area contributed by atoms with Crippen LogP contribution in [0.15, 0.2) is 47.3 Å². The van der Waals surface area contributed by atoms with Gasteiger partial charge in [-0.15, -0.1) is 0 Å². The summed E-state index contributed by atoms with van der Waals surface area (Å²) >= 11 is 5.57. The average Bonchev–Trinajstić information content (AvgIpc) is 2.73. The minimum Gasteiger partial charge on any atom is -0.383 e. The third-order valence-corrected chi connectivity index (χ3v) is 5.44. The molecule has 0 spiro atoms. The third kappa shape index (κ3) is 5.23. The van der Waals surface area contributed by atoms with E-state index in [1.54, 1.807) is 19.2 Å². The molecular formula is C23H26FN3O2S. The Labute approximate surface area is 180 Å². The molecule has 1 aromatic heterocycles. The second-order valence-corrected chi connectivity index (χ2v) is 7.71. The topological polar surface area (TPSA) is 57.4 Å². The lowest BCUT2D eigenvalue weighted by atomic mass is 10.0. The third-order valence-electron chi connectivity index (χ3n) is 5.04. The van der Waals surface area contributed by atoms with Gasteiger partial charge in [-0.25, -0.2) is 4.39 Å². The first-order valence-electron chi connectivity index (χ1n) is 9.77. The molecule has 0 saturated carbocycles. The number of halogens is 1. The maximum Gasteiger partial charge on any atom is 0.253 e. The summed E-state index contributed by atoms with van der Waals surface area (Å²) in [5.74, 6) is -0.289. The van der Waals surface area contributed by atoms with Crippen LogP contribution in [0, 0.1) is 19.7 Å². The van der Waals surface area contributed by atoms with Gasteiger partial charge in [0.05, 0.1) is 18.7 Å². The number of aromatic amines is 1. The molecule has 0 unspecified atom stereocenters. The molecule has 0 bridgehead atoms. The van der Waals surface area contributed by atoms with E-state index < -0.39 is 0 Å². The molecule has 0 aliphatic carbocycles. The van der Waals surface area contributed by atoms with Crippen LogP contribution in [0.25, 0.3) is 10.9 Å². The van der Waals surface area contributed by atoms with Crippen molar-refractivity contribution in [1.29, 1.82) is 0 Å². The predicted octanol–water partition coefficient (Wildman–Crippen LogP) is 3.81. The van der Waals surface area contributed by atoms with E-state index in [1.165, 1.54) is 12.1 Å². The van der Waals surface area contributed by atoms with Crippen molar-refractivity contribution in [2.45, 2.75) is 26.9 Å². The number of H-pyrrole nitrogens is 1. The van der Waals surface area contributed by atoms with Crippen molar-refractivity contribution in [3.63, 3.8) is 0 Å². The number of nitrogens with one attached hydrogen (secondary N) is 2. The van der Waals surface area contributed by atoms with Gasteiger partial charge >= 0.3 is 0 Å². The first-order valence-corrected chi connectivity index (χ1v) is 10.2. The van der Waals surface area contributed by atoms with E-state index in [4.69, 9.17) is 17.0 Å². The van der Waals surface area contributed by atoms with Crippen LogP contribution in [0.2, 0.25) is 0 Å². The first kappa shape index (κ1) is 21.9. The lowest BCUT2D eigenvalue weighted by molar-refractivity contribution is 0.202. The molecule has 3 rings (SSSR count). The van der Waals surface area contributed by atoms with Gasteiger partial charge in [0.2, 0.25) is 0 Å². The Morgan fingerprint density at radius 1 is 1.13 bits per heavy atom. The highest BCUT2D eigenvalue weighted by atomic mass is 32.1. The molecule has 0 radical (unpaired) electrons. The van der Waals surface area contributed by atoms with Crippen LogP contribution >= 0.6 is 12.2 Å². The van der Waals surface area contributed by atoms with Crippen LogP contribution in [0.5, 0.6) is 0 Å². The molecule has 1 heterocycles. The van der Waals surface area contributed by atoms with Crippen LogP contribution < -0.4 is 10.9 Å². The molecule has 0 amide bonds. The summed E-state index contributed by atoms with van der Waals surface area (Å²) in [5, 5.41) is 4.69. The normalized spacial score (nSPS) is 10.9. The highest BCUT2D eigenvalue weighted by Crippen LogP contribution is 2.20. The van der Waals surface area contributed by atoms with E-state index in [0.29, 0.717) is 36.9 Å². The second kappa shape index (κ2) is 9.82. The number of nitrogens with zero attached hydrogens (tertiary/aromatic N) is 1. The number of ether oxygens (including phenoxy) is 1. The number of methoxy groups -OCH3 is 1. The summed E-state index contributed by atoms with van der Waals surface area (Å²) in [6.07, 6.45) is 0. The Morgan fingerprint density at radius 2 is 1.83 bits per heavy atom.